The van der Waals surface area contributed by atoms with Gasteiger partial charge in [-0.2, -0.15) is 0 Å². The molecule has 0 unspecified atom stereocenters. The molecular weight excluding hydrogens is 414 g/mol. The molecule has 3 heterocycles. The Morgan fingerprint density at radius 3 is 2.68 bits per heavy atom. The van der Waals surface area contributed by atoms with Gasteiger partial charge in [-0.15, -0.1) is 11.3 Å². The zero-order chi connectivity index (χ0) is 22.0. The van der Waals surface area contributed by atoms with E-state index in [9.17, 15) is 9.59 Å². The van der Waals surface area contributed by atoms with Crippen molar-refractivity contribution in [2.75, 3.05) is 45.7 Å². The van der Waals surface area contributed by atoms with Gasteiger partial charge >= 0.3 is 0 Å². The van der Waals surface area contributed by atoms with E-state index in [1.165, 1.54) is 11.3 Å². The molecule has 2 aliphatic rings. The first kappa shape index (κ1) is 21.8. The topological polar surface area (TPSA) is 71.1 Å². The van der Waals surface area contributed by atoms with Crippen molar-refractivity contribution < 1.29 is 19.1 Å². The highest BCUT2D eigenvalue weighted by Crippen LogP contribution is 2.33. The van der Waals surface area contributed by atoms with Gasteiger partial charge < -0.3 is 24.6 Å². The third-order valence-corrected chi connectivity index (χ3v) is 6.96. The van der Waals surface area contributed by atoms with Crippen LogP contribution in [0.4, 0.5) is 5.69 Å². The second kappa shape index (κ2) is 8.98. The summed E-state index contributed by atoms with van der Waals surface area (Å²) < 4.78 is 11.6. The summed E-state index contributed by atoms with van der Waals surface area (Å²) in [6.45, 7) is 4.57. The van der Waals surface area contributed by atoms with E-state index in [1.54, 1.807) is 13.2 Å². The standard InChI is InChI=1S/C23H29N3O4S/c1-16-7-8-20(31-16)22(28)26-11-9-23(10-12-26)15-25(2)14-19(30-23)21(27)24-17-5-4-6-18(13-17)29-3/h4-8,13,19H,9-12,14-15H2,1-3H3,(H,24,27)/t19-/m0/s1. The van der Waals surface area contributed by atoms with Crippen molar-refractivity contribution in [3.8, 4) is 5.75 Å². The number of methoxy groups -OCH3 is 1. The highest BCUT2D eigenvalue weighted by molar-refractivity contribution is 7.13. The molecule has 2 aromatic rings. The molecule has 1 atom stereocenters. The van der Waals surface area contributed by atoms with Crippen LogP contribution >= 0.6 is 11.3 Å². The molecule has 2 saturated heterocycles. The highest BCUT2D eigenvalue weighted by Gasteiger charge is 2.44. The first-order valence-electron chi connectivity index (χ1n) is 10.5. The Labute approximate surface area is 186 Å². The number of hydrogen-bond acceptors (Lipinski definition) is 6. The number of nitrogens with one attached hydrogen (secondary N) is 1. The molecule has 31 heavy (non-hydrogen) atoms. The van der Waals surface area contributed by atoms with Gasteiger partial charge in [0.15, 0.2) is 0 Å². The first-order chi connectivity index (χ1) is 14.9. The van der Waals surface area contributed by atoms with E-state index >= 15 is 0 Å². The molecule has 0 aliphatic carbocycles. The third-order valence-electron chi connectivity index (χ3n) is 5.97. The van der Waals surface area contributed by atoms with Gasteiger partial charge in [0.2, 0.25) is 0 Å². The maximum absolute atomic E-state index is 12.9. The Kier molecular flexibility index (Phi) is 6.31. The summed E-state index contributed by atoms with van der Waals surface area (Å²) in [6.07, 6.45) is 0.874. The number of likely N-dealkylation sites (tertiary alicyclic amines) is 1. The normalized spacial score (nSPS) is 21.1. The summed E-state index contributed by atoms with van der Waals surface area (Å²) in [7, 11) is 3.61. The van der Waals surface area contributed by atoms with Gasteiger partial charge in [-0.1, -0.05) is 6.07 Å². The van der Waals surface area contributed by atoms with Crippen LogP contribution in [0.25, 0.3) is 0 Å². The smallest absolute Gasteiger partial charge is 0.263 e. The van der Waals surface area contributed by atoms with Crippen LogP contribution in [0.5, 0.6) is 5.75 Å². The molecule has 0 bridgehead atoms. The highest BCUT2D eigenvalue weighted by atomic mass is 32.1. The molecule has 7 nitrogen and oxygen atoms in total. The number of anilines is 1. The molecule has 1 spiro atoms. The van der Waals surface area contributed by atoms with Crippen molar-refractivity contribution in [1.29, 1.82) is 0 Å². The van der Waals surface area contributed by atoms with Crippen LogP contribution in [0.3, 0.4) is 0 Å². The summed E-state index contributed by atoms with van der Waals surface area (Å²) in [4.78, 5) is 31.7. The lowest BCUT2D eigenvalue weighted by Crippen LogP contribution is -2.61. The molecule has 1 N–H and O–H groups in total. The first-order valence-corrected chi connectivity index (χ1v) is 11.4. The predicted octanol–water partition coefficient (Wildman–Crippen LogP) is 3.01. The maximum atomic E-state index is 12.9. The maximum Gasteiger partial charge on any atom is 0.263 e. The van der Waals surface area contributed by atoms with E-state index < -0.39 is 11.7 Å². The molecule has 8 heteroatoms. The van der Waals surface area contributed by atoms with E-state index in [-0.39, 0.29) is 11.8 Å². The minimum atomic E-state index is -0.563. The molecule has 0 saturated carbocycles. The number of benzene rings is 1. The van der Waals surface area contributed by atoms with Gasteiger partial charge in [0, 0.05) is 42.8 Å². The number of carbonyl (C=O) groups excluding carboxylic acids is 2. The zero-order valence-corrected chi connectivity index (χ0v) is 19.0. The fourth-order valence-corrected chi connectivity index (χ4v) is 5.21. The molecule has 2 amide bonds. The largest absolute Gasteiger partial charge is 0.497 e. The quantitative estimate of drug-likeness (QED) is 0.787. The SMILES string of the molecule is COc1cccc(NC(=O)[C@@H]2CN(C)CC3(CCN(C(=O)c4ccc(C)s4)CC3)O2)c1. The molecule has 1 aromatic heterocycles. The van der Waals surface area contributed by atoms with Crippen LogP contribution in [-0.2, 0) is 9.53 Å². The fraction of sp³-hybridized carbons (Fsp3) is 0.478. The Balaban J connectivity index is 1.39. The van der Waals surface area contributed by atoms with Gasteiger partial charge in [-0.3, -0.25) is 9.59 Å². The minimum Gasteiger partial charge on any atom is -0.497 e. The lowest BCUT2D eigenvalue weighted by Gasteiger charge is -2.48. The number of likely N-dealkylation sites (N-methyl/N-ethyl adjacent to an activating group) is 1. The average Bonchev–Trinajstić information content (AvgIpc) is 3.19. The van der Waals surface area contributed by atoms with E-state index in [4.69, 9.17) is 9.47 Å². The summed E-state index contributed by atoms with van der Waals surface area (Å²) in [5, 5.41) is 2.95. The third kappa shape index (κ3) is 4.92. The van der Waals surface area contributed by atoms with Crippen LogP contribution in [0, 0.1) is 6.92 Å². The van der Waals surface area contributed by atoms with E-state index in [0.29, 0.717) is 31.1 Å². The minimum absolute atomic E-state index is 0.0874. The van der Waals surface area contributed by atoms with E-state index in [1.807, 2.05) is 49.2 Å². The number of rotatable bonds is 4. The number of thiophene rings is 1. The van der Waals surface area contributed by atoms with Gasteiger partial charge in [0.25, 0.3) is 11.8 Å². The Bertz CT molecular complexity index is 952. The summed E-state index contributed by atoms with van der Waals surface area (Å²) in [5.74, 6) is 0.616. The van der Waals surface area contributed by atoms with Gasteiger partial charge in [-0.25, -0.2) is 0 Å². The molecule has 2 fully saturated rings. The second-order valence-corrected chi connectivity index (χ2v) is 9.70. The van der Waals surface area contributed by atoms with Gasteiger partial charge in [-0.05, 0) is 51.1 Å². The molecule has 4 rings (SSSR count). The van der Waals surface area contributed by atoms with Crippen molar-refractivity contribution in [3.05, 3.63) is 46.2 Å². The summed E-state index contributed by atoms with van der Waals surface area (Å²) >= 11 is 1.53. The van der Waals surface area contributed by atoms with E-state index in [2.05, 4.69) is 10.2 Å². The Hall–Kier alpha value is -2.42. The Morgan fingerprint density at radius 2 is 2.00 bits per heavy atom. The number of amides is 2. The van der Waals surface area contributed by atoms with Crippen molar-refractivity contribution in [1.82, 2.24) is 9.80 Å². The summed E-state index contributed by atoms with van der Waals surface area (Å²) in [5.41, 5.74) is 0.271. The van der Waals surface area contributed by atoms with Crippen LogP contribution in [-0.4, -0.2) is 73.7 Å². The lowest BCUT2D eigenvalue weighted by molar-refractivity contribution is -0.176. The predicted molar refractivity (Wildman–Crippen MR) is 121 cm³/mol. The van der Waals surface area contributed by atoms with Crippen LogP contribution in [0.2, 0.25) is 0 Å². The monoisotopic (exact) mass is 443 g/mol. The van der Waals surface area contributed by atoms with Crippen LogP contribution < -0.4 is 10.1 Å². The molecule has 2 aliphatic heterocycles. The van der Waals surface area contributed by atoms with Crippen molar-refractivity contribution in [2.45, 2.75) is 31.5 Å². The number of hydrogen-bond donors (Lipinski definition) is 1. The van der Waals surface area contributed by atoms with Gasteiger partial charge in [0.1, 0.15) is 11.9 Å². The molecule has 166 valence electrons. The van der Waals surface area contributed by atoms with E-state index in [0.717, 1.165) is 29.1 Å². The number of ether oxygens (including phenoxy) is 2. The number of piperidine rings is 1. The van der Waals surface area contributed by atoms with Crippen molar-refractivity contribution in [3.63, 3.8) is 0 Å². The summed E-state index contributed by atoms with van der Waals surface area (Å²) in [6, 6.07) is 11.2. The zero-order valence-electron chi connectivity index (χ0n) is 18.2. The van der Waals surface area contributed by atoms with Crippen molar-refractivity contribution in [2.24, 2.45) is 0 Å². The second-order valence-electron chi connectivity index (χ2n) is 8.41. The number of carbonyl (C=O) groups is 2. The number of nitrogens with zero attached hydrogens (tertiary/aromatic N) is 2. The lowest BCUT2D eigenvalue weighted by atomic mass is 9.88. The van der Waals surface area contributed by atoms with Crippen molar-refractivity contribution >= 4 is 28.8 Å². The molecular formula is C23H29N3O4S. The van der Waals surface area contributed by atoms with Crippen LogP contribution in [0.1, 0.15) is 27.4 Å². The molecule has 0 radical (unpaired) electrons. The average molecular weight is 444 g/mol. The number of morpholine rings is 1. The van der Waals surface area contributed by atoms with Gasteiger partial charge in [0.05, 0.1) is 17.6 Å². The number of aryl methyl sites for hydroxylation is 1. The fourth-order valence-electron chi connectivity index (χ4n) is 4.37. The van der Waals surface area contributed by atoms with Crippen LogP contribution in [0.15, 0.2) is 36.4 Å². The Morgan fingerprint density at radius 1 is 1.23 bits per heavy atom. The molecule has 1 aromatic carbocycles.